The standard InChI is InChI=1S/C26H18N4O12S4/c31-43(32,33)23-12-21(24(44(34,35)36)26(46(40,41)42)25(23)45(37,38)39)20-10-19-9-17-4-3-15(28-17)7-13-1-2-14(27-13)8-16-5-6-18(29-16)11-22(20)30-19/h1-12,27,30H,(H,31,32,33)(H,34,35,36)(H,37,38,39)(H,40,41,42). The van der Waals surface area contributed by atoms with Crippen LogP contribution in [0, 0.1) is 0 Å². The van der Waals surface area contributed by atoms with E-state index in [2.05, 4.69) is 19.9 Å². The van der Waals surface area contributed by atoms with Gasteiger partial charge in [0, 0.05) is 33.2 Å². The molecule has 5 heterocycles. The van der Waals surface area contributed by atoms with Crippen LogP contribution in [0.5, 0.6) is 0 Å². The molecule has 0 aliphatic carbocycles. The Morgan fingerprint density at radius 1 is 0.457 bits per heavy atom. The molecule has 6 N–H and O–H groups in total. The normalized spacial score (nSPS) is 13.7. The third kappa shape index (κ3) is 6.02. The number of nitrogens with one attached hydrogen (secondary N) is 2. The molecule has 0 unspecified atom stereocenters. The van der Waals surface area contributed by atoms with E-state index < -0.39 is 65.6 Å². The Hall–Kier alpha value is -4.54. The third-order valence-electron chi connectivity index (χ3n) is 6.67. The van der Waals surface area contributed by atoms with Gasteiger partial charge in [-0.25, -0.2) is 9.97 Å². The van der Waals surface area contributed by atoms with Crippen LogP contribution in [0.15, 0.2) is 68.1 Å². The second kappa shape index (κ2) is 10.5. The molecule has 6 rings (SSSR count). The van der Waals surface area contributed by atoms with Crippen molar-refractivity contribution >= 4 is 86.8 Å². The van der Waals surface area contributed by atoms with Crippen molar-refractivity contribution in [2.45, 2.75) is 19.6 Å². The minimum absolute atomic E-state index is 0.0874. The van der Waals surface area contributed by atoms with Crippen LogP contribution in [0.3, 0.4) is 0 Å². The summed E-state index contributed by atoms with van der Waals surface area (Å²) in [6, 6.07) is 11.3. The number of benzene rings is 1. The Labute approximate surface area is 259 Å². The Morgan fingerprint density at radius 3 is 1.37 bits per heavy atom. The Bertz CT molecular complexity index is 2690. The quantitative estimate of drug-likeness (QED) is 0.140. The van der Waals surface area contributed by atoms with Gasteiger partial charge in [-0.2, -0.15) is 33.7 Å². The summed E-state index contributed by atoms with van der Waals surface area (Å²) >= 11 is 0. The summed E-state index contributed by atoms with van der Waals surface area (Å²) in [6.45, 7) is 0. The predicted octanol–water partition coefficient (Wildman–Crippen LogP) is 3.31. The Morgan fingerprint density at radius 2 is 0.913 bits per heavy atom. The maximum absolute atomic E-state index is 12.7. The van der Waals surface area contributed by atoms with Gasteiger partial charge in [-0.3, -0.25) is 18.2 Å². The zero-order valence-corrected chi connectivity index (χ0v) is 25.8. The van der Waals surface area contributed by atoms with E-state index in [1.54, 1.807) is 42.5 Å². The van der Waals surface area contributed by atoms with Gasteiger partial charge in [0.05, 0.1) is 22.8 Å². The maximum Gasteiger partial charge on any atom is 0.297 e. The number of rotatable bonds is 5. The minimum atomic E-state index is -6.09. The van der Waals surface area contributed by atoms with E-state index in [0.717, 1.165) is 5.52 Å². The summed E-state index contributed by atoms with van der Waals surface area (Å²) < 4.78 is 139. The van der Waals surface area contributed by atoms with E-state index in [4.69, 9.17) is 0 Å². The van der Waals surface area contributed by atoms with Gasteiger partial charge < -0.3 is 9.97 Å². The molecule has 2 aliphatic heterocycles. The lowest BCUT2D eigenvalue weighted by Gasteiger charge is -2.16. The van der Waals surface area contributed by atoms with E-state index >= 15 is 0 Å². The van der Waals surface area contributed by atoms with Crippen molar-refractivity contribution in [3.05, 3.63) is 71.3 Å². The van der Waals surface area contributed by atoms with Crippen LogP contribution in [0.4, 0.5) is 0 Å². The minimum Gasteiger partial charge on any atom is -0.355 e. The fourth-order valence-corrected chi connectivity index (χ4v) is 9.72. The number of H-pyrrole nitrogens is 2. The zero-order chi connectivity index (χ0) is 33.4. The number of aromatic nitrogens is 4. The highest BCUT2D eigenvalue weighted by Gasteiger charge is 2.41. The molecule has 3 aromatic heterocycles. The number of hydrogen-bond donors (Lipinski definition) is 6. The van der Waals surface area contributed by atoms with Crippen molar-refractivity contribution in [2.24, 2.45) is 0 Å². The fourth-order valence-electron chi connectivity index (χ4n) is 4.97. The largest absolute Gasteiger partial charge is 0.355 e. The van der Waals surface area contributed by atoms with Crippen molar-refractivity contribution in [2.75, 3.05) is 0 Å². The smallest absolute Gasteiger partial charge is 0.297 e. The van der Waals surface area contributed by atoms with Gasteiger partial charge in [0.15, 0.2) is 0 Å². The lowest BCUT2D eigenvalue weighted by atomic mass is 10.1. The van der Waals surface area contributed by atoms with E-state index in [1.807, 2.05) is 6.07 Å². The lowest BCUT2D eigenvalue weighted by Crippen LogP contribution is -2.19. The lowest BCUT2D eigenvalue weighted by molar-refractivity contribution is 0.447. The Balaban J connectivity index is 1.84. The first kappa shape index (κ1) is 31.4. The summed E-state index contributed by atoms with van der Waals surface area (Å²) in [4.78, 5) is 6.99. The third-order valence-corrected chi connectivity index (χ3v) is 10.7. The number of fused-ring (bicyclic) bond motifs is 8. The fraction of sp³-hybridized carbons (Fsp3) is 0. The van der Waals surface area contributed by atoms with E-state index in [0.29, 0.717) is 22.6 Å². The molecule has 238 valence electrons. The molecular formula is C26H18N4O12S4. The van der Waals surface area contributed by atoms with Gasteiger partial charge >= 0.3 is 0 Å². The first-order valence-electron chi connectivity index (χ1n) is 12.5. The molecule has 4 aromatic rings. The highest BCUT2D eigenvalue weighted by atomic mass is 32.2. The van der Waals surface area contributed by atoms with Gasteiger partial charge in [-0.05, 0) is 72.8 Å². The first-order chi connectivity index (χ1) is 21.3. The van der Waals surface area contributed by atoms with Gasteiger partial charge in [-0.15, -0.1) is 0 Å². The van der Waals surface area contributed by atoms with Crippen LogP contribution in [0.2, 0.25) is 0 Å². The summed E-state index contributed by atoms with van der Waals surface area (Å²) in [5.41, 5.74) is 1.75. The zero-order valence-electron chi connectivity index (χ0n) is 22.5. The van der Waals surface area contributed by atoms with Crippen molar-refractivity contribution < 1.29 is 51.9 Å². The molecule has 16 nitrogen and oxygen atoms in total. The maximum atomic E-state index is 12.7. The molecule has 2 aliphatic rings. The van der Waals surface area contributed by atoms with Crippen LogP contribution in [0.1, 0.15) is 22.8 Å². The molecular weight excluding hydrogens is 689 g/mol. The molecule has 46 heavy (non-hydrogen) atoms. The van der Waals surface area contributed by atoms with E-state index in [-0.39, 0.29) is 28.4 Å². The van der Waals surface area contributed by atoms with Crippen LogP contribution in [-0.4, -0.2) is 71.8 Å². The number of nitrogens with zero attached hydrogens (tertiary/aromatic N) is 2. The van der Waals surface area contributed by atoms with Crippen LogP contribution < -0.4 is 0 Å². The molecule has 0 amide bonds. The monoisotopic (exact) mass is 706 g/mol. The molecule has 20 heteroatoms. The van der Waals surface area contributed by atoms with Crippen molar-refractivity contribution in [1.29, 1.82) is 0 Å². The predicted molar refractivity (Wildman–Crippen MR) is 164 cm³/mol. The molecule has 0 atom stereocenters. The van der Waals surface area contributed by atoms with Crippen LogP contribution in [0.25, 0.3) is 57.5 Å². The molecule has 0 fully saturated rings. The van der Waals surface area contributed by atoms with E-state index in [9.17, 15) is 51.9 Å². The molecule has 0 saturated heterocycles. The first-order valence-corrected chi connectivity index (χ1v) is 18.2. The molecule has 8 bridgehead atoms. The van der Waals surface area contributed by atoms with E-state index in [1.165, 1.54) is 18.2 Å². The SMILES string of the molecule is O=S(=O)(O)c1cc(-c2cc3cc4nc(cc5ccc(cc6nc(cc2[nH]3)C=C6)[nH]5)C=C4)c(S(=O)(=O)O)c(S(=O)(=O)O)c1S(=O)(=O)O. The van der Waals surface area contributed by atoms with Crippen molar-refractivity contribution in [3.8, 4) is 11.1 Å². The Kier molecular flexibility index (Phi) is 7.18. The van der Waals surface area contributed by atoms with Gasteiger partial charge in [0.25, 0.3) is 40.5 Å². The van der Waals surface area contributed by atoms with Crippen molar-refractivity contribution in [3.63, 3.8) is 0 Å². The average molecular weight is 707 g/mol. The summed E-state index contributed by atoms with van der Waals surface area (Å²) in [5.74, 6) is 0. The summed E-state index contributed by atoms with van der Waals surface area (Å²) in [7, 11) is -23.7. The topological polar surface area (TPSA) is 275 Å². The average Bonchev–Trinajstić information content (AvgIpc) is 3.71. The molecule has 1 aromatic carbocycles. The van der Waals surface area contributed by atoms with Crippen LogP contribution in [-0.2, 0) is 40.5 Å². The highest BCUT2D eigenvalue weighted by molar-refractivity contribution is 7.91. The van der Waals surface area contributed by atoms with Gasteiger partial charge in [0.2, 0.25) is 0 Å². The molecule has 0 radical (unpaired) electrons. The summed E-state index contributed by atoms with van der Waals surface area (Å²) in [5, 5.41) is 0. The van der Waals surface area contributed by atoms with Crippen molar-refractivity contribution in [1.82, 2.24) is 19.9 Å². The highest BCUT2D eigenvalue weighted by Crippen LogP contribution is 2.42. The van der Waals surface area contributed by atoms with Crippen LogP contribution >= 0.6 is 0 Å². The summed E-state index contributed by atoms with van der Waals surface area (Å²) in [6.07, 6.45) is 6.51. The second-order valence-corrected chi connectivity index (χ2v) is 15.4. The molecule has 0 saturated carbocycles. The van der Waals surface area contributed by atoms with Gasteiger partial charge in [0.1, 0.15) is 19.6 Å². The number of hydrogen-bond acceptors (Lipinski definition) is 10. The van der Waals surface area contributed by atoms with Gasteiger partial charge in [-0.1, -0.05) is 0 Å². The number of aromatic amines is 2. The second-order valence-electron chi connectivity index (χ2n) is 9.90. The molecule has 0 spiro atoms.